The smallest absolute Gasteiger partial charge is 0.410 e. The number of pyridine rings is 2. The first-order chi connectivity index (χ1) is 20.1. The molecule has 0 aromatic carbocycles. The van der Waals surface area contributed by atoms with E-state index in [0.29, 0.717) is 18.2 Å². The number of carbonyl (C=O) groups is 2. The molecule has 1 N–H and O–H groups in total. The Hall–Kier alpha value is -3.56. The van der Waals surface area contributed by atoms with Gasteiger partial charge in [0.15, 0.2) is 0 Å². The molecule has 10 nitrogen and oxygen atoms in total. The molecule has 0 spiro atoms. The fourth-order valence-corrected chi connectivity index (χ4v) is 6.10. The van der Waals surface area contributed by atoms with Crippen LogP contribution in [0.1, 0.15) is 78.7 Å². The van der Waals surface area contributed by atoms with E-state index < -0.39 is 11.6 Å². The van der Waals surface area contributed by atoms with Crippen LogP contribution in [0.25, 0.3) is 0 Å². The average molecular weight is 579 g/mol. The molecule has 1 saturated carbocycles. The number of piperidine rings is 1. The van der Waals surface area contributed by atoms with Gasteiger partial charge in [0.2, 0.25) is 5.91 Å². The summed E-state index contributed by atoms with van der Waals surface area (Å²) < 4.78 is 7.25. The van der Waals surface area contributed by atoms with Crippen LogP contribution in [-0.4, -0.2) is 70.8 Å². The zero-order valence-electron chi connectivity index (χ0n) is 25.6. The maximum atomic E-state index is 13.2. The van der Waals surface area contributed by atoms with Crippen LogP contribution < -0.4 is 20.7 Å². The van der Waals surface area contributed by atoms with Gasteiger partial charge in [-0.2, -0.15) is 0 Å². The standard InChI is InChI=1S/C32H46N6O4/c1-23(30(40)34-25-17-28(20-33-19-25)35-13-5-6-14-35)37-16-12-26(18-29(37)39)36-15-8-11-27(22-36)38(21-24-9-7-10-24)31(41)42-32(2,3)4/h12,16-20,23-24,27H,5-11,13-15,21-22H2,1-4H3,(H,34,40)/t23?,27-/m1/s1. The molecule has 2 aromatic heterocycles. The Morgan fingerprint density at radius 1 is 1.02 bits per heavy atom. The zero-order chi connectivity index (χ0) is 29.9. The van der Waals surface area contributed by atoms with Gasteiger partial charge in [0.05, 0.1) is 29.8 Å². The van der Waals surface area contributed by atoms with Crippen LogP contribution in [0.4, 0.5) is 21.9 Å². The van der Waals surface area contributed by atoms with E-state index in [4.69, 9.17) is 4.74 Å². The minimum Gasteiger partial charge on any atom is -0.444 e. The van der Waals surface area contributed by atoms with Gasteiger partial charge in [-0.05, 0) is 84.3 Å². The van der Waals surface area contributed by atoms with Crippen molar-refractivity contribution in [3.8, 4) is 0 Å². The van der Waals surface area contributed by atoms with Crippen molar-refractivity contribution in [1.82, 2.24) is 14.5 Å². The molecule has 2 saturated heterocycles. The van der Waals surface area contributed by atoms with Gasteiger partial charge >= 0.3 is 6.09 Å². The Morgan fingerprint density at radius 3 is 2.43 bits per heavy atom. The molecule has 5 rings (SSSR count). The number of nitrogens with one attached hydrogen (secondary N) is 1. The summed E-state index contributed by atoms with van der Waals surface area (Å²) in [6.45, 7) is 11.6. The van der Waals surface area contributed by atoms with Gasteiger partial charge in [-0.25, -0.2) is 4.79 Å². The highest BCUT2D eigenvalue weighted by Crippen LogP contribution is 2.31. The van der Waals surface area contributed by atoms with E-state index in [0.717, 1.165) is 76.1 Å². The molecule has 228 valence electrons. The number of anilines is 3. The third-order valence-corrected chi connectivity index (χ3v) is 8.70. The van der Waals surface area contributed by atoms with Crippen LogP contribution in [-0.2, 0) is 9.53 Å². The molecule has 2 aromatic rings. The van der Waals surface area contributed by atoms with Gasteiger partial charge in [-0.1, -0.05) is 6.42 Å². The Morgan fingerprint density at radius 2 is 1.76 bits per heavy atom. The van der Waals surface area contributed by atoms with Crippen molar-refractivity contribution in [2.45, 2.75) is 90.3 Å². The van der Waals surface area contributed by atoms with Crippen LogP contribution in [0.2, 0.25) is 0 Å². The summed E-state index contributed by atoms with van der Waals surface area (Å²) in [4.78, 5) is 50.2. The molecule has 0 bridgehead atoms. The largest absolute Gasteiger partial charge is 0.444 e. The number of ether oxygens (including phenoxy) is 1. The van der Waals surface area contributed by atoms with E-state index in [1.54, 1.807) is 25.4 Å². The average Bonchev–Trinajstić information content (AvgIpc) is 3.46. The summed E-state index contributed by atoms with van der Waals surface area (Å²) in [6, 6.07) is 4.76. The molecule has 4 heterocycles. The molecule has 2 atom stereocenters. The third-order valence-electron chi connectivity index (χ3n) is 8.70. The van der Waals surface area contributed by atoms with Crippen LogP contribution in [0.3, 0.4) is 0 Å². The highest BCUT2D eigenvalue weighted by Gasteiger charge is 2.34. The molecule has 42 heavy (non-hydrogen) atoms. The van der Waals surface area contributed by atoms with E-state index in [1.165, 1.54) is 11.0 Å². The molecule has 10 heteroatoms. The first kappa shape index (κ1) is 29.9. The Labute approximate surface area is 249 Å². The number of aromatic nitrogens is 2. The molecule has 2 aliphatic heterocycles. The molecule has 3 fully saturated rings. The summed E-state index contributed by atoms with van der Waals surface area (Å²) in [5.41, 5.74) is 1.64. The molecular weight excluding hydrogens is 532 g/mol. The zero-order valence-corrected chi connectivity index (χ0v) is 25.6. The predicted octanol–water partition coefficient (Wildman–Crippen LogP) is 5.05. The molecule has 1 unspecified atom stereocenters. The van der Waals surface area contributed by atoms with Crippen LogP contribution >= 0.6 is 0 Å². The van der Waals surface area contributed by atoms with Gasteiger partial charge in [0.1, 0.15) is 11.6 Å². The third kappa shape index (κ3) is 7.25. The first-order valence-electron chi connectivity index (χ1n) is 15.5. The summed E-state index contributed by atoms with van der Waals surface area (Å²) in [5.74, 6) is 0.259. The minimum absolute atomic E-state index is 0.0197. The van der Waals surface area contributed by atoms with E-state index >= 15 is 0 Å². The number of hydrogen-bond acceptors (Lipinski definition) is 7. The monoisotopic (exact) mass is 578 g/mol. The van der Waals surface area contributed by atoms with Crippen molar-refractivity contribution in [3.63, 3.8) is 0 Å². The number of rotatable bonds is 8. The lowest BCUT2D eigenvalue weighted by molar-refractivity contribution is -0.118. The number of carbonyl (C=O) groups excluding carboxylic acids is 2. The second-order valence-corrected chi connectivity index (χ2v) is 13.1. The number of amides is 2. The van der Waals surface area contributed by atoms with Crippen LogP contribution in [0.15, 0.2) is 41.6 Å². The molecule has 2 amide bonds. The topological polar surface area (TPSA) is 100 Å². The van der Waals surface area contributed by atoms with Gasteiger partial charge in [-0.15, -0.1) is 0 Å². The van der Waals surface area contributed by atoms with Crippen molar-refractivity contribution in [1.29, 1.82) is 0 Å². The molecule has 1 aliphatic carbocycles. The first-order valence-corrected chi connectivity index (χ1v) is 15.5. The van der Waals surface area contributed by atoms with E-state index in [1.807, 2.05) is 44.0 Å². The number of hydrogen-bond donors (Lipinski definition) is 1. The SMILES string of the molecule is CC(C(=O)Nc1cncc(N2CCCC2)c1)n1ccc(N2CCC[C@@H](N(CC3CCC3)C(=O)OC(C)(C)C)C2)cc1=O. The van der Waals surface area contributed by atoms with Crippen molar-refractivity contribution in [2.75, 3.05) is 47.8 Å². The minimum atomic E-state index is -0.693. The highest BCUT2D eigenvalue weighted by molar-refractivity contribution is 5.93. The maximum absolute atomic E-state index is 13.2. The summed E-state index contributed by atoms with van der Waals surface area (Å²) in [7, 11) is 0. The lowest BCUT2D eigenvalue weighted by Gasteiger charge is -2.43. The lowest BCUT2D eigenvalue weighted by atomic mass is 9.84. The number of nitrogens with zero attached hydrogens (tertiary/aromatic N) is 5. The van der Waals surface area contributed by atoms with Crippen molar-refractivity contribution in [3.05, 3.63) is 47.1 Å². The van der Waals surface area contributed by atoms with Gasteiger partial charge in [0.25, 0.3) is 5.56 Å². The van der Waals surface area contributed by atoms with Crippen LogP contribution in [0, 0.1) is 5.92 Å². The molecular formula is C32H46N6O4. The van der Waals surface area contributed by atoms with Gasteiger partial charge in [0, 0.05) is 50.7 Å². The normalized spacial score (nSPS) is 20.1. The lowest BCUT2D eigenvalue weighted by Crippen LogP contribution is -2.53. The van der Waals surface area contributed by atoms with Crippen molar-refractivity contribution in [2.24, 2.45) is 5.92 Å². The summed E-state index contributed by atoms with van der Waals surface area (Å²) in [5, 5.41) is 2.93. The van der Waals surface area contributed by atoms with E-state index in [9.17, 15) is 14.4 Å². The quantitative estimate of drug-likeness (QED) is 0.468. The summed E-state index contributed by atoms with van der Waals surface area (Å²) >= 11 is 0. The maximum Gasteiger partial charge on any atom is 0.410 e. The Bertz CT molecular complexity index is 1310. The van der Waals surface area contributed by atoms with Crippen molar-refractivity contribution < 1.29 is 14.3 Å². The van der Waals surface area contributed by atoms with Crippen LogP contribution in [0.5, 0.6) is 0 Å². The predicted molar refractivity (Wildman–Crippen MR) is 165 cm³/mol. The fourth-order valence-electron chi connectivity index (χ4n) is 6.10. The van der Waals surface area contributed by atoms with Gasteiger partial charge in [-0.3, -0.25) is 14.6 Å². The second-order valence-electron chi connectivity index (χ2n) is 13.1. The van der Waals surface area contributed by atoms with Crippen molar-refractivity contribution >= 4 is 29.1 Å². The molecule has 3 aliphatic rings. The second kappa shape index (κ2) is 12.8. The summed E-state index contributed by atoms with van der Waals surface area (Å²) in [6.07, 6.45) is 12.6. The fraction of sp³-hybridized carbons (Fsp3) is 0.625. The highest BCUT2D eigenvalue weighted by atomic mass is 16.6. The molecule has 0 radical (unpaired) electrons. The Kier molecular flexibility index (Phi) is 9.08. The van der Waals surface area contributed by atoms with Gasteiger partial charge < -0.3 is 29.3 Å². The van der Waals surface area contributed by atoms with E-state index in [-0.39, 0.29) is 23.6 Å². The Balaban J connectivity index is 1.25. The van der Waals surface area contributed by atoms with E-state index in [2.05, 4.69) is 20.1 Å².